The van der Waals surface area contributed by atoms with E-state index in [2.05, 4.69) is 5.32 Å². The maximum Gasteiger partial charge on any atom is 0.271 e. The molecule has 1 aliphatic heterocycles. The van der Waals surface area contributed by atoms with E-state index in [1.54, 1.807) is 25.1 Å². The lowest BCUT2D eigenvalue weighted by Gasteiger charge is -2.30. The molecule has 1 fully saturated rings. The first kappa shape index (κ1) is 23.5. The maximum atomic E-state index is 12.8. The Morgan fingerprint density at radius 3 is 2.45 bits per heavy atom. The largest absolute Gasteiger partial charge is 0.325 e. The lowest BCUT2D eigenvalue weighted by molar-refractivity contribution is -0.384. The molecule has 0 unspecified atom stereocenters. The molecule has 1 heterocycles. The molecule has 2 aromatic carbocycles. The van der Waals surface area contributed by atoms with Crippen molar-refractivity contribution < 1.29 is 18.1 Å². The van der Waals surface area contributed by atoms with E-state index < -0.39 is 14.9 Å². The molecule has 0 atom stereocenters. The third-order valence-electron chi connectivity index (χ3n) is 5.24. The summed E-state index contributed by atoms with van der Waals surface area (Å²) in [5, 5.41) is 14.4. The second kappa shape index (κ2) is 9.52. The highest BCUT2D eigenvalue weighted by molar-refractivity contribution is 7.88. The average molecular weight is 486 g/mol. The molecule has 11 heteroatoms. The summed E-state index contributed by atoms with van der Waals surface area (Å²) in [6.07, 6.45) is 0.723. The topological polar surface area (TPSA) is 110 Å². The van der Waals surface area contributed by atoms with E-state index in [9.17, 15) is 23.3 Å². The normalized spacial score (nSPS) is 15.6. The van der Waals surface area contributed by atoms with Crippen LogP contribution < -0.4 is 5.32 Å². The number of hydrogen-bond donors (Lipinski definition) is 1. The van der Waals surface area contributed by atoms with Gasteiger partial charge in [0.05, 0.1) is 26.4 Å². The van der Waals surface area contributed by atoms with Gasteiger partial charge in [0.25, 0.3) is 5.69 Å². The number of carbonyl (C=O) groups is 1. The number of benzene rings is 2. The van der Waals surface area contributed by atoms with Gasteiger partial charge in [-0.2, -0.15) is 0 Å². The van der Waals surface area contributed by atoms with Crippen molar-refractivity contribution in [3.8, 4) is 0 Å². The number of nitro groups is 1. The Balaban J connectivity index is 1.61. The van der Waals surface area contributed by atoms with Crippen LogP contribution in [0.15, 0.2) is 36.4 Å². The van der Waals surface area contributed by atoms with E-state index in [4.69, 9.17) is 23.2 Å². The van der Waals surface area contributed by atoms with Crippen LogP contribution in [0.25, 0.3) is 0 Å². The molecule has 1 aliphatic rings. The predicted octanol–water partition coefficient (Wildman–Crippen LogP) is 4.39. The smallest absolute Gasteiger partial charge is 0.271 e. The number of amides is 1. The molecule has 0 spiro atoms. The van der Waals surface area contributed by atoms with Gasteiger partial charge in [-0.3, -0.25) is 14.9 Å². The first-order chi connectivity index (χ1) is 14.6. The van der Waals surface area contributed by atoms with Crippen LogP contribution in [0.3, 0.4) is 0 Å². The minimum Gasteiger partial charge on any atom is -0.325 e. The maximum absolute atomic E-state index is 12.8. The van der Waals surface area contributed by atoms with Gasteiger partial charge in [0.2, 0.25) is 15.9 Å². The molecule has 0 saturated carbocycles. The molecule has 0 bridgehead atoms. The Bertz CT molecular complexity index is 1120. The third kappa shape index (κ3) is 5.74. The summed E-state index contributed by atoms with van der Waals surface area (Å²) >= 11 is 11.8. The first-order valence-corrected chi connectivity index (χ1v) is 11.9. The van der Waals surface area contributed by atoms with Crippen molar-refractivity contribution in [2.24, 2.45) is 5.92 Å². The fourth-order valence-electron chi connectivity index (χ4n) is 3.42. The SMILES string of the molecule is Cc1ccc([N+](=O)[O-])cc1NC(=O)C1CCN(S(=O)(=O)Cc2ccc(Cl)c(Cl)c2)CC1. The van der Waals surface area contributed by atoms with Crippen LogP contribution in [-0.4, -0.2) is 36.6 Å². The van der Waals surface area contributed by atoms with Crippen LogP contribution in [0.2, 0.25) is 10.0 Å². The number of nitrogens with zero attached hydrogens (tertiary/aromatic N) is 2. The quantitative estimate of drug-likeness (QED) is 0.481. The molecule has 1 amide bonds. The van der Waals surface area contributed by atoms with Gasteiger partial charge in [-0.15, -0.1) is 0 Å². The summed E-state index contributed by atoms with van der Waals surface area (Å²) in [7, 11) is -3.57. The van der Waals surface area contributed by atoms with Crippen LogP contribution in [-0.2, 0) is 20.6 Å². The standard InChI is InChI=1S/C20H21Cl2N3O5S/c1-13-2-4-16(25(27)28)11-19(13)23-20(26)15-6-8-24(9-7-15)31(29,30)12-14-3-5-17(21)18(22)10-14/h2-5,10-11,15H,6-9,12H2,1H3,(H,23,26). The minimum absolute atomic E-state index is 0.107. The van der Waals surface area contributed by atoms with Gasteiger partial charge in [-0.25, -0.2) is 12.7 Å². The van der Waals surface area contributed by atoms with E-state index in [0.717, 1.165) is 0 Å². The van der Waals surface area contributed by atoms with Crippen molar-refractivity contribution in [3.63, 3.8) is 0 Å². The molecule has 31 heavy (non-hydrogen) atoms. The molecule has 0 aliphatic carbocycles. The fourth-order valence-corrected chi connectivity index (χ4v) is 5.29. The van der Waals surface area contributed by atoms with Crippen molar-refractivity contribution in [1.82, 2.24) is 4.31 Å². The van der Waals surface area contributed by atoms with E-state index in [-0.39, 0.29) is 36.4 Å². The van der Waals surface area contributed by atoms with Gasteiger partial charge in [-0.05, 0) is 43.0 Å². The number of non-ortho nitro benzene ring substituents is 1. The van der Waals surface area contributed by atoms with Crippen molar-refractivity contribution in [2.45, 2.75) is 25.5 Å². The highest BCUT2D eigenvalue weighted by atomic mass is 35.5. The third-order valence-corrected chi connectivity index (χ3v) is 7.83. The van der Waals surface area contributed by atoms with Gasteiger partial charge < -0.3 is 5.32 Å². The van der Waals surface area contributed by atoms with E-state index >= 15 is 0 Å². The number of nitro benzene ring substituents is 1. The van der Waals surface area contributed by atoms with Crippen LogP contribution in [0.1, 0.15) is 24.0 Å². The van der Waals surface area contributed by atoms with Gasteiger partial charge in [0, 0.05) is 31.1 Å². The van der Waals surface area contributed by atoms with Crippen molar-refractivity contribution >= 4 is 50.5 Å². The van der Waals surface area contributed by atoms with Crippen molar-refractivity contribution in [1.29, 1.82) is 0 Å². The average Bonchev–Trinajstić information content (AvgIpc) is 2.72. The molecule has 8 nitrogen and oxygen atoms in total. The zero-order chi connectivity index (χ0) is 22.8. The molecule has 1 N–H and O–H groups in total. The van der Waals surface area contributed by atoms with Gasteiger partial charge in [0.1, 0.15) is 0 Å². The number of carbonyl (C=O) groups excluding carboxylic acids is 1. The summed E-state index contributed by atoms with van der Waals surface area (Å²) in [6, 6.07) is 8.98. The molecule has 1 saturated heterocycles. The number of anilines is 1. The first-order valence-electron chi connectivity index (χ1n) is 9.54. The number of halogens is 2. The van der Waals surface area contributed by atoms with Crippen molar-refractivity contribution in [3.05, 3.63) is 67.7 Å². The number of rotatable bonds is 6. The summed E-state index contributed by atoms with van der Waals surface area (Å²) < 4.78 is 26.9. The lowest BCUT2D eigenvalue weighted by atomic mass is 9.97. The van der Waals surface area contributed by atoms with Gasteiger partial charge >= 0.3 is 0 Å². The number of aryl methyl sites for hydroxylation is 1. The van der Waals surface area contributed by atoms with Crippen molar-refractivity contribution in [2.75, 3.05) is 18.4 Å². The molecule has 0 aromatic heterocycles. The molecular weight excluding hydrogens is 465 g/mol. The fraction of sp³-hybridized carbons (Fsp3) is 0.350. The van der Waals surface area contributed by atoms with Gasteiger partial charge in [-0.1, -0.05) is 35.3 Å². The summed E-state index contributed by atoms with van der Waals surface area (Å²) in [4.78, 5) is 23.1. The summed E-state index contributed by atoms with van der Waals surface area (Å²) in [5.74, 6) is -0.853. The van der Waals surface area contributed by atoms with Crippen LogP contribution in [0.5, 0.6) is 0 Å². The Labute approximate surface area is 190 Å². The molecular formula is C20H21Cl2N3O5S. The van der Waals surface area contributed by atoms with Gasteiger partial charge in [0.15, 0.2) is 0 Å². The predicted molar refractivity (Wildman–Crippen MR) is 120 cm³/mol. The van der Waals surface area contributed by atoms with Crippen LogP contribution in [0, 0.1) is 23.0 Å². The summed E-state index contributed by atoms with van der Waals surface area (Å²) in [6.45, 7) is 2.18. The lowest BCUT2D eigenvalue weighted by Crippen LogP contribution is -2.41. The van der Waals surface area contributed by atoms with Crippen LogP contribution in [0.4, 0.5) is 11.4 Å². The minimum atomic E-state index is -3.57. The molecule has 2 aromatic rings. The van der Waals surface area contributed by atoms with E-state index in [1.807, 2.05) is 0 Å². The molecule has 3 rings (SSSR count). The Morgan fingerprint density at radius 1 is 1.16 bits per heavy atom. The van der Waals surface area contributed by atoms with Crippen LogP contribution >= 0.6 is 23.2 Å². The van der Waals surface area contributed by atoms with E-state index in [0.29, 0.717) is 39.7 Å². The number of nitrogens with one attached hydrogen (secondary N) is 1. The van der Waals surface area contributed by atoms with E-state index in [1.165, 1.54) is 22.5 Å². The number of hydrogen-bond acceptors (Lipinski definition) is 5. The Hall–Kier alpha value is -2.20. The summed E-state index contributed by atoms with van der Waals surface area (Å²) in [5.41, 5.74) is 1.52. The number of sulfonamides is 1. The zero-order valence-corrected chi connectivity index (χ0v) is 19.0. The Kier molecular flexibility index (Phi) is 7.20. The molecule has 166 valence electrons. The second-order valence-electron chi connectivity index (χ2n) is 7.42. The molecule has 0 radical (unpaired) electrons. The Morgan fingerprint density at radius 2 is 1.84 bits per heavy atom. The number of piperidine rings is 1. The highest BCUT2D eigenvalue weighted by Crippen LogP contribution is 2.27. The zero-order valence-electron chi connectivity index (χ0n) is 16.7. The second-order valence-corrected chi connectivity index (χ2v) is 10.2. The monoisotopic (exact) mass is 485 g/mol. The highest BCUT2D eigenvalue weighted by Gasteiger charge is 2.31.